The summed E-state index contributed by atoms with van der Waals surface area (Å²) < 4.78 is 6.84. The van der Waals surface area contributed by atoms with E-state index in [0.29, 0.717) is 0 Å². The van der Waals surface area contributed by atoms with Crippen LogP contribution in [0.25, 0.3) is 66.4 Å². The zero-order chi connectivity index (χ0) is 42.0. The molecule has 1 aromatic heterocycles. The quantitative estimate of drug-likeness (QED) is 0.137. The van der Waals surface area contributed by atoms with E-state index in [1.165, 1.54) is 0 Å². The van der Waals surface area contributed by atoms with Crippen LogP contribution in [-0.4, -0.2) is 0 Å². The molecule has 11 aromatic rings. The zero-order valence-electron chi connectivity index (χ0n) is 34.6. The second kappa shape index (κ2) is 16.6. The number of furan rings is 1. The number of para-hydroxylation sites is 7. The topological polar surface area (TPSA) is 19.6 Å². The molecule has 3 heteroatoms. The van der Waals surface area contributed by atoms with Crippen molar-refractivity contribution in [2.45, 2.75) is 0 Å². The van der Waals surface area contributed by atoms with Crippen LogP contribution >= 0.6 is 0 Å². The van der Waals surface area contributed by atoms with Gasteiger partial charge in [-0.3, -0.25) is 0 Å². The highest BCUT2D eigenvalue weighted by Crippen LogP contribution is 2.52. The minimum Gasteiger partial charge on any atom is -0.454 e. The molecule has 0 N–H and O–H groups in total. The maximum absolute atomic E-state index is 6.84. The van der Waals surface area contributed by atoms with Crippen molar-refractivity contribution < 1.29 is 4.42 Å². The number of nitrogens with zero attached hydrogens (tertiary/aromatic N) is 2. The Morgan fingerprint density at radius 3 is 0.968 bits per heavy atom. The molecule has 1 heterocycles. The van der Waals surface area contributed by atoms with Crippen LogP contribution in [0.2, 0.25) is 0 Å². The second-order valence-electron chi connectivity index (χ2n) is 15.6. The van der Waals surface area contributed by atoms with Crippen LogP contribution in [0.4, 0.5) is 34.1 Å². The number of benzene rings is 10. The van der Waals surface area contributed by atoms with Crippen molar-refractivity contribution in [1.29, 1.82) is 0 Å². The molecule has 10 aromatic carbocycles. The fraction of sp³-hybridized carbons (Fsp3) is 0. The fourth-order valence-corrected chi connectivity index (χ4v) is 9.07. The first-order chi connectivity index (χ1) is 31.3. The lowest BCUT2D eigenvalue weighted by Gasteiger charge is -2.33. The highest BCUT2D eigenvalue weighted by atomic mass is 16.3. The first-order valence-electron chi connectivity index (χ1n) is 21.4. The van der Waals surface area contributed by atoms with Crippen LogP contribution in [0.3, 0.4) is 0 Å². The summed E-state index contributed by atoms with van der Waals surface area (Å²) >= 11 is 0. The van der Waals surface area contributed by atoms with Gasteiger partial charge < -0.3 is 14.2 Å². The monoisotopic (exact) mass is 806 g/mol. The molecule has 11 rings (SSSR count). The molecule has 0 unspecified atom stereocenters. The van der Waals surface area contributed by atoms with E-state index in [1.807, 2.05) is 6.07 Å². The molecule has 0 amide bonds. The minimum absolute atomic E-state index is 0.833. The van der Waals surface area contributed by atoms with E-state index in [9.17, 15) is 0 Å². The van der Waals surface area contributed by atoms with Gasteiger partial charge in [0.25, 0.3) is 0 Å². The van der Waals surface area contributed by atoms with E-state index < -0.39 is 0 Å². The molecule has 298 valence electrons. The molecule has 3 nitrogen and oxygen atoms in total. The Hall–Kier alpha value is -8.40. The lowest BCUT2D eigenvalue weighted by Crippen LogP contribution is -2.15. The average molecular weight is 807 g/mol. The third kappa shape index (κ3) is 6.92. The van der Waals surface area contributed by atoms with Crippen LogP contribution in [0.15, 0.2) is 259 Å². The number of anilines is 6. The average Bonchev–Trinajstić information content (AvgIpc) is 3.75. The summed E-state index contributed by atoms with van der Waals surface area (Å²) in [6.45, 7) is 0. The Bertz CT molecular complexity index is 3270. The van der Waals surface area contributed by atoms with Gasteiger partial charge in [-0.05, 0) is 59.2 Å². The van der Waals surface area contributed by atoms with Gasteiger partial charge in [0.05, 0.1) is 34.1 Å². The van der Waals surface area contributed by atoms with Crippen molar-refractivity contribution in [3.05, 3.63) is 255 Å². The Labute approximate surface area is 368 Å². The van der Waals surface area contributed by atoms with Crippen LogP contribution in [-0.2, 0) is 0 Å². The summed E-state index contributed by atoms with van der Waals surface area (Å²) in [4.78, 5) is 4.86. The van der Waals surface area contributed by atoms with Crippen LogP contribution in [0, 0.1) is 0 Å². The van der Waals surface area contributed by atoms with Crippen LogP contribution in [0.5, 0.6) is 0 Å². The summed E-state index contributed by atoms with van der Waals surface area (Å²) in [7, 11) is 0. The number of fused-ring (bicyclic) bond motifs is 3. The van der Waals surface area contributed by atoms with Crippen molar-refractivity contribution in [2.24, 2.45) is 0 Å². The van der Waals surface area contributed by atoms with E-state index in [-0.39, 0.29) is 0 Å². The molecule has 0 saturated heterocycles. The van der Waals surface area contributed by atoms with Gasteiger partial charge in [0.2, 0.25) is 0 Å². The Morgan fingerprint density at radius 1 is 0.222 bits per heavy atom. The van der Waals surface area contributed by atoms with E-state index in [1.54, 1.807) is 0 Å². The van der Waals surface area contributed by atoms with Gasteiger partial charge in [-0.1, -0.05) is 212 Å². The summed E-state index contributed by atoms with van der Waals surface area (Å²) in [6, 6.07) is 90.7. The molecule has 0 spiro atoms. The van der Waals surface area contributed by atoms with Gasteiger partial charge in [0.1, 0.15) is 5.58 Å². The highest BCUT2D eigenvalue weighted by molar-refractivity contribution is 6.12. The molecule has 63 heavy (non-hydrogen) atoms. The fourth-order valence-electron chi connectivity index (χ4n) is 9.07. The van der Waals surface area contributed by atoms with E-state index in [2.05, 4.69) is 259 Å². The number of rotatable bonds is 10. The molecule has 0 aliphatic carbocycles. The zero-order valence-corrected chi connectivity index (χ0v) is 34.6. The van der Waals surface area contributed by atoms with Crippen molar-refractivity contribution >= 4 is 56.1 Å². The predicted molar refractivity (Wildman–Crippen MR) is 265 cm³/mol. The Kier molecular flexibility index (Phi) is 9.89. The Morgan fingerprint density at radius 2 is 0.524 bits per heavy atom. The van der Waals surface area contributed by atoms with Gasteiger partial charge in [0, 0.05) is 38.6 Å². The van der Waals surface area contributed by atoms with Gasteiger partial charge in [-0.25, -0.2) is 0 Å². The molecule has 0 saturated carbocycles. The van der Waals surface area contributed by atoms with Crippen LogP contribution in [0.1, 0.15) is 0 Å². The van der Waals surface area contributed by atoms with Crippen molar-refractivity contribution in [3.63, 3.8) is 0 Å². The maximum Gasteiger partial charge on any atom is 0.159 e. The van der Waals surface area contributed by atoms with Crippen LogP contribution < -0.4 is 9.80 Å². The largest absolute Gasteiger partial charge is 0.454 e. The Balaban J connectivity index is 1.20. The van der Waals surface area contributed by atoms with Gasteiger partial charge >= 0.3 is 0 Å². The molecule has 0 aliphatic heterocycles. The van der Waals surface area contributed by atoms with Crippen molar-refractivity contribution in [3.8, 4) is 44.5 Å². The molecule has 0 radical (unpaired) electrons. The molecule has 0 atom stereocenters. The first kappa shape index (κ1) is 37.6. The molecule has 0 fully saturated rings. The van der Waals surface area contributed by atoms with E-state index >= 15 is 0 Å². The molecular formula is C60H42N2O. The van der Waals surface area contributed by atoms with Gasteiger partial charge in [-0.15, -0.1) is 0 Å². The second-order valence-corrected chi connectivity index (χ2v) is 15.6. The van der Waals surface area contributed by atoms with Crippen molar-refractivity contribution in [1.82, 2.24) is 0 Å². The molecule has 0 bridgehead atoms. The lowest BCUT2D eigenvalue weighted by atomic mass is 9.95. The summed E-state index contributed by atoms with van der Waals surface area (Å²) in [5.74, 6) is 0. The summed E-state index contributed by atoms with van der Waals surface area (Å²) in [5, 5.41) is 2.17. The standard InChI is InChI=1S/C60H42N2O/c1-4-23-43(24-5-1)46-29-10-16-36-53(46)61(54-37-17-11-30-47(54)44-25-6-2-7-26-44)56-39-19-13-32-49(56)50-33-14-20-40-57(50)62(55-38-18-12-31-48(55)45-27-8-3-9-28-45)58-41-22-35-52-51-34-15-21-42-59(51)63-60(52)58/h1-42H. The summed E-state index contributed by atoms with van der Waals surface area (Å²) in [6.07, 6.45) is 0. The normalized spacial score (nSPS) is 11.2. The molecule has 0 aliphatic rings. The van der Waals surface area contributed by atoms with E-state index in [4.69, 9.17) is 4.42 Å². The maximum atomic E-state index is 6.84. The molecular weight excluding hydrogens is 765 g/mol. The predicted octanol–water partition coefficient (Wildman–Crippen LogP) is 17.2. The number of hydrogen-bond acceptors (Lipinski definition) is 3. The summed E-state index contributed by atoms with van der Waals surface area (Å²) in [5.41, 5.74) is 16.9. The highest BCUT2D eigenvalue weighted by Gasteiger charge is 2.27. The minimum atomic E-state index is 0.833. The third-order valence-electron chi connectivity index (χ3n) is 11.9. The van der Waals surface area contributed by atoms with Crippen molar-refractivity contribution in [2.75, 3.05) is 9.80 Å². The SMILES string of the molecule is c1ccc(-c2ccccc2N(c2ccccc2-c2ccccc2)c2ccccc2-c2ccccc2N(c2ccccc2-c2ccccc2)c2cccc3c2oc2ccccc23)cc1. The lowest BCUT2D eigenvalue weighted by molar-refractivity contribution is 0.669. The smallest absolute Gasteiger partial charge is 0.159 e. The van der Waals surface area contributed by atoms with Gasteiger partial charge in [-0.2, -0.15) is 0 Å². The van der Waals surface area contributed by atoms with Gasteiger partial charge in [0.15, 0.2) is 5.58 Å². The first-order valence-corrected chi connectivity index (χ1v) is 21.4. The third-order valence-corrected chi connectivity index (χ3v) is 11.9. The number of hydrogen-bond donors (Lipinski definition) is 0. The van der Waals surface area contributed by atoms with E-state index in [0.717, 1.165) is 101 Å².